The van der Waals surface area contributed by atoms with Crippen LogP contribution >= 0.6 is 0 Å². The molecule has 0 bridgehead atoms. The van der Waals surface area contributed by atoms with Gasteiger partial charge in [-0.3, -0.25) is 4.90 Å². The monoisotopic (exact) mass is 201 g/mol. The minimum Gasteiger partial charge on any atom is -0.395 e. The summed E-state index contributed by atoms with van der Waals surface area (Å²) < 4.78 is 0. The van der Waals surface area contributed by atoms with Crippen molar-refractivity contribution < 1.29 is 5.11 Å². The van der Waals surface area contributed by atoms with Crippen LogP contribution in [0.15, 0.2) is 0 Å². The number of hydrogen-bond donors (Lipinski definition) is 2. The van der Waals surface area contributed by atoms with Gasteiger partial charge in [-0.25, -0.2) is 0 Å². The van der Waals surface area contributed by atoms with E-state index in [0.717, 1.165) is 6.54 Å². The molecular formula is C10H23N3O. The summed E-state index contributed by atoms with van der Waals surface area (Å²) in [6, 6.07) is 0.754. The molecule has 14 heavy (non-hydrogen) atoms. The van der Waals surface area contributed by atoms with Crippen molar-refractivity contribution in [1.29, 1.82) is 0 Å². The van der Waals surface area contributed by atoms with E-state index in [1.807, 2.05) is 7.05 Å². The van der Waals surface area contributed by atoms with E-state index in [4.69, 9.17) is 10.8 Å². The number of rotatable bonds is 5. The van der Waals surface area contributed by atoms with Gasteiger partial charge in [0.1, 0.15) is 0 Å². The number of nitrogens with two attached hydrogens (primary N) is 1. The first kappa shape index (κ1) is 11.9. The number of likely N-dealkylation sites (tertiary alicyclic amines) is 1. The van der Waals surface area contributed by atoms with Gasteiger partial charge in [0.15, 0.2) is 0 Å². The summed E-state index contributed by atoms with van der Waals surface area (Å²) in [4.78, 5) is 4.56. The van der Waals surface area contributed by atoms with Crippen LogP contribution in [0.1, 0.15) is 12.8 Å². The van der Waals surface area contributed by atoms with Crippen molar-refractivity contribution in [2.75, 3.05) is 40.3 Å². The van der Waals surface area contributed by atoms with Gasteiger partial charge in [0, 0.05) is 25.2 Å². The number of nitrogens with zero attached hydrogens (tertiary/aromatic N) is 2. The fraction of sp³-hybridized carbons (Fsp3) is 1.00. The molecule has 2 unspecified atom stereocenters. The van der Waals surface area contributed by atoms with E-state index in [1.165, 1.54) is 19.4 Å². The summed E-state index contributed by atoms with van der Waals surface area (Å²) in [5.74, 6) is 0. The molecular weight excluding hydrogens is 178 g/mol. The molecule has 0 aromatic carbocycles. The highest BCUT2D eigenvalue weighted by Gasteiger charge is 2.24. The third-order valence-corrected chi connectivity index (χ3v) is 3.28. The van der Waals surface area contributed by atoms with Crippen molar-refractivity contribution in [3.63, 3.8) is 0 Å². The van der Waals surface area contributed by atoms with Gasteiger partial charge in [-0.1, -0.05) is 0 Å². The third-order valence-electron chi connectivity index (χ3n) is 3.28. The van der Waals surface area contributed by atoms with Gasteiger partial charge in [-0.05, 0) is 33.5 Å². The predicted octanol–water partition coefficient (Wildman–Crippen LogP) is -0.668. The number of aliphatic hydroxyl groups excluding tert-OH is 1. The lowest BCUT2D eigenvalue weighted by Gasteiger charge is -2.30. The Morgan fingerprint density at radius 2 is 2.36 bits per heavy atom. The topological polar surface area (TPSA) is 52.7 Å². The van der Waals surface area contributed by atoms with Crippen LogP contribution in [-0.4, -0.2) is 67.3 Å². The lowest BCUT2D eigenvalue weighted by Crippen LogP contribution is -2.46. The van der Waals surface area contributed by atoms with E-state index in [9.17, 15) is 0 Å². The van der Waals surface area contributed by atoms with E-state index >= 15 is 0 Å². The molecule has 0 amide bonds. The largest absolute Gasteiger partial charge is 0.395 e. The number of aliphatic hydroxyl groups is 1. The Bertz CT molecular complexity index is 161. The molecule has 4 nitrogen and oxygen atoms in total. The lowest BCUT2D eigenvalue weighted by atomic mass is 10.2. The molecule has 0 aromatic rings. The molecule has 84 valence electrons. The highest BCUT2D eigenvalue weighted by molar-refractivity contribution is 4.81. The molecule has 1 aliphatic rings. The summed E-state index contributed by atoms with van der Waals surface area (Å²) >= 11 is 0. The van der Waals surface area contributed by atoms with Gasteiger partial charge in [-0.2, -0.15) is 0 Å². The van der Waals surface area contributed by atoms with Crippen molar-refractivity contribution in [2.24, 2.45) is 5.73 Å². The van der Waals surface area contributed by atoms with Gasteiger partial charge in [0.25, 0.3) is 0 Å². The lowest BCUT2D eigenvalue weighted by molar-refractivity contribution is 0.125. The maximum absolute atomic E-state index is 9.10. The Morgan fingerprint density at radius 3 is 2.79 bits per heavy atom. The van der Waals surface area contributed by atoms with Crippen LogP contribution in [0.2, 0.25) is 0 Å². The Morgan fingerprint density at radius 1 is 1.64 bits per heavy atom. The standard InChI is InChI=1S/C10H23N3O/c1-12-5-3-4-9(12)7-13(2)10(6-11)8-14/h9-10,14H,3-8,11H2,1-2H3. The summed E-state index contributed by atoms with van der Waals surface area (Å²) in [7, 11) is 4.21. The molecule has 0 aliphatic carbocycles. The van der Waals surface area contributed by atoms with E-state index in [2.05, 4.69) is 16.8 Å². The molecule has 1 saturated heterocycles. The molecule has 1 aliphatic heterocycles. The van der Waals surface area contributed by atoms with Crippen LogP contribution in [0.4, 0.5) is 0 Å². The van der Waals surface area contributed by atoms with Gasteiger partial charge >= 0.3 is 0 Å². The molecule has 0 spiro atoms. The van der Waals surface area contributed by atoms with Crippen LogP contribution in [0, 0.1) is 0 Å². The minimum atomic E-state index is 0.115. The van der Waals surface area contributed by atoms with Crippen LogP contribution in [0.25, 0.3) is 0 Å². The van der Waals surface area contributed by atoms with Crippen LogP contribution < -0.4 is 5.73 Å². The predicted molar refractivity (Wildman–Crippen MR) is 58.2 cm³/mol. The van der Waals surface area contributed by atoms with Crippen molar-refractivity contribution in [2.45, 2.75) is 24.9 Å². The highest BCUT2D eigenvalue weighted by Crippen LogP contribution is 2.15. The van der Waals surface area contributed by atoms with Gasteiger partial charge < -0.3 is 15.7 Å². The summed E-state index contributed by atoms with van der Waals surface area (Å²) in [5.41, 5.74) is 5.58. The zero-order valence-corrected chi connectivity index (χ0v) is 9.32. The van der Waals surface area contributed by atoms with Gasteiger partial charge in [0.05, 0.1) is 6.61 Å². The van der Waals surface area contributed by atoms with E-state index < -0.39 is 0 Å². The third kappa shape index (κ3) is 2.92. The molecule has 1 heterocycles. The molecule has 0 radical (unpaired) electrons. The average Bonchev–Trinajstić information content (AvgIpc) is 2.54. The molecule has 0 aromatic heterocycles. The summed E-state index contributed by atoms with van der Waals surface area (Å²) in [6.07, 6.45) is 2.56. The van der Waals surface area contributed by atoms with Crippen LogP contribution in [0.3, 0.4) is 0 Å². The second-order valence-electron chi connectivity index (χ2n) is 4.29. The van der Waals surface area contributed by atoms with E-state index in [0.29, 0.717) is 12.6 Å². The van der Waals surface area contributed by atoms with Crippen LogP contribution in [0.5, 0.6) is 0 Å². The van der Waals surface area contributed by atoms with Gasteiger partial charge in [0.2, 0.25) is 0 Å². The first-order valence-electron chi connectivity index (χ1n) is 5.40. The Hall–Kier alpha value is -0.160. The minimum absolute atomic E-state index is 0.115. The Labute approximate surface area is 86.7 Å². The Kier molecular flexibility index (Phi) is 4.81. The first-order valence-corrected chi connectivity index (χ1v) is 5.40. The second-order valence-corrected chi connectivity index (χ2v) is 4.29. The number of hydrogen-bond acceptors (Lipinski definition) is 4. The smallest absolute Gasteiger partial charge is 0.0599 e. The van der Waals surface area contributed by atoms with E-state index in [-0.39, 0.29) is 12.6 Å². The maximum atomic E-state index is 9.10. The molecule has 1 rings (SSSR count). The molecule has 4 heteroatoms. The van der Waals surface area contributed by atoms with Crippen molar-refractivity contribution in [3.8, 4) is 0 Å². The molecule has 0 saturated carbocycles. The quantitative estimate of drug-likeness (QED) is 0.619. The highest BCUT2D eigenvalue weighted by atomic mass is 16.3. The SMILES string of the molecule is CN1CCCC1CN(C)C(CN)CO. The molecule has 2 atom stereocenters. The van der Waals surface area contributed by atoms with Gasteiger partial charge in [-0.15, -0.1) is 0 Å². The van der Waals surface area contributed by atoms with Crippen molar-refractivity contribution >= 4 is 0 Å². The zero-order valence-electron chi connectivity index (χ0n) is 9.32. The summed E-state index contributed by atoms with van der Waals surface area (Å²) in [5, 5.41) is 9.10. The van der Waals surface area contributed by atoms with E-state index in [1.54, 1.807) is 0 Å². The van der Waals surface area contributed by atoms with Crippen LogP contribution in [-0.2, 0) is 0 Å². The fourth-order valence-corrected chi connectivity index (χ4v) is 2.09. The average molecular weight is 201 g/mol. The summed E-state index contributed by atoms with van der Waals surface area (Å²) in [6.45, 7) is 2.90. The normalized spacial score (nSPS) is 25.9. The van der Waals surface area contributed by atoms with Crippen molar-refractivity contribution in [1.82, 2.24) is 9.80 Å². The zero-order chi connectivity index (χ0) is 10.6. The maximum Gasteiger partial charge on any atom is 0.0599 e. The first-order chi connectivity index (χ1) is 6.69. The number of likely N-dealkylation sites (N-methyl/N-ethyl adjacent to an activating group) is 2. The second kappa shape index (κ2) is 5.66. The Balaban J connectivity index is 2.34. The fourth-order valence-electron chi connectivity index (χ4n) is 2.09. The molecule has 1 fully saturated rings. The molecule has 3 N–H and O–H groups in total. The van der Waals surface area contributed by atoms with Crippen molar-refractivity contribution in [3.05, 3.63) is 0 Å².